The molecule has 0 aliphatic rings. The molecule has 7 nitrogen and oxygen atoms in total. The highest BCUT2D eigenvalue weighted by atomic mass is 32.1. The number of carbonyl (C=O) groups excluding carboxylic acids is 2. The molecule has 3 rings (SSSR count). The number of furan rings is 1. The first kappa shape index (κ1) is 20.5. The third-order valence-electron chi connectivity index (χ3n) is 4.21. The van der Waals surface area contributed by atoms with E-state index in [9.17, 15) is 9.59 Å². The first-order chi connectivity index (χ1) is 14.0. The number of aryl methyl sites for hydroxylation is 1. The summed E-state index contributed by atoms with van der Waals surface area (Å²) in [4.78, 5) is 26.1. The summed E-state index contributed by atoms with van der Waals surface area (Å²) in [6.45, 7) is 3.66. The van der Waals surface area contributed by atoms with E-state index in [2.05, 4.69) is 5.32 Å². The van der Waals surface area contributed by atoms with Crippen molar-refractivity contribution < 1.29 is 28.2 Å². The second kappa shape index (κ2) is 8.83. The number of carbonyl (C=O) groups is 2. The lowest BCUT2D eigenvalue weighted by atomic mass is 10.1. The Balaban J connectivity index is 2.00. The van der Waals surface area contributed by atoms with Gasteiger partial charge < -0.3 is 23.9 Å². The third kappa shape index (κ3) is 4.27. The van der Waals surface area contributed by atoms with E-state index in [0.29, 0.717) is 33.4 Å². The van der Waals surface area contributed by atoms with Gasteiger partial charge in [-0.3, -0.25) is 4.79 Å². The van der Waals surface area contributed by atoms with Gasteiger partial charge in [0.05, 0.1) is 38.3 Å². The molecule has 0 aliphatic heterocycles. The fraction of sp³-hybridized carbons (Fsp3) is 0.238. The molecule has 1 aromatic carbocycles. The minimum atomic E-state index is -0.497. The summed E-state index contributed by atoms with van der Waals surface area (Å²) >= 11 is 1.23. The van der Waals surface area contributed by atoms with E-state index in [0.717, 1.165) is 10.4 Å². The molecule has 29 heavy (non-hydrogen) atoms. The molecule has 8 heteroatoms. The number of rotatable bonds is 7. The molecule has 0 aliphatic carbocycles. The minimum absolute atomic E-state index is 0.233. The molecule has 152 valence electrons. The molecule has 1 N–H and O–H groups in total. The minimum Gasteiger partial charge on any atom is -0.493 e. The predicted molar refractivity (Wildman–Crippen MR) is 110 cm³/mol. The Hall–Kier alpha value is -3.26. The topological polar surface area (TPSA) is 87.0 Å². The fourth-order valence-corrected chi connectivity index (χ4v) is 3.78. The number of hydrogen-bond donors (Lipinski definition) is 1. The maximum absolute atomic E-state index is 12.6. The van der Waals surface area contributed by atoms with Gasteiger partial charge in [0.25, 0.3) is 5.91 Å². The number of hydrogen-bond acceptors (Lipinski definition) is 7. The molecule has 1 amide bonds. The van der Waals surface area contributed by atoms with Gasteiger partial charge in [0, 0.05) is 4.88 Å². The van der Waals surface area contributed by atoms with Crippen molar-refractivity contribution in [2.24, 2.45) is 0 Å². The van der Waals surface area contributed by atoms with Crippen molar-refractivity contribution in [3.8, 4) is 21.9 Å². The zero-order valence-electron chi connectivity index (χ0n) is 16.5. The summed E-state index contributed by atoms with van der Waals surface area (Å²) in [6.07, 6.45) is 1.44. The van der Waals surface area contributed by atoms with Gasteiger partial charge in [-0.15, -0.1) is 11.3 Å². The first-order valence-corrected chi connectivity index (χ1v) is 9.68. The van der Waals surface area contributed by atoms with Gasteiger partial charge >= 0.3 is 5.97 Å². The van der Waals surface area contributed by atoms with Crippen LogP contribution in [0, 0.1) is 6.92 Å². The van der Waals surface area contributed by atoms with Crippen molar-refractivity contribution in [2.75, 3.05) is 26.1 Å². The molecule has 2 heterocycles. The maximum Gasteiger partial charge on any atom is 0.350 e. The van der Waals surface area contributed by atoms with Gasteiger partial charge in [0.1, 0.15) is 10.6 Å². The summed E-state index contributed by atoms with van der Waals surface area (Å²) in [5.74, 6) is 0.801. The summed E-state index contributed by atoms with van der Waals surface area (Å²) in [5.41, 5.74) is 1.60. The summed E-state index contributed by atoms with van der Waals surface area (Å²) in [7, 11) is 3.12. The van der Waals surface area contributed by atoms with Crippen LogP contribution in [0.1, 0.15) is 32.7 Å². The standard InChI is InChI=1S/C21H21NO6S/c1-5-27-21(24)19-15(22-20(23)14-8-9-28-12(14)2)11-18(29-19)13-6-7-16(25-3)17(10-13)26-4/h6-11H,5H2,1-4H3,(H,22,23). The van der Waals surface area contributed by atoms with E-state index in [1.54, 1.807) is 46.3 Å². The lowest BCUT2D eigenvalue weighted by molar-refractivity contribution is 0.0533. The Labute approximate surface area is 172 Å². The normalized spacial score (nSPS) is 10.5. The molecule has 0 saturated carbocycles. The van der Waals surface area contributed by atoms with Gasteiger partial charge in [0.15, 0.2) is 11.5 Å². The molecule has 0 saturated heterocycles. The fourth-order valence-electron chi connectivity index (χ4n) is 2.77. The van der Waals surface area contributed by atoms with Crippen molar-refractivity contribution in [1.29, 1.82) is 0 Å². The number of benzene rings is 1. The Bertz CT molecular complexity index is 1040. The number of nitrogens with one attached hydrogen (secondary N) is 1. The lowest BCUT2D eigenvalue weighted by Crippen LogP contribution is -2.14. The molecule has 0 atom stereocenters. The van der Waals surface area contributed by atoms with Crippen LogP contribution in [0.2, 0.25) is 0 Å². The Morgan fingerprint density at radius 1 is 1.10 bits per heavy atom. The number of methoxy groups -OCH3 is 2. The van der Waals surface area contributed by atoms with Crippen molar-refractivity contribution in [3.05, 3.63) is 52.8 Å². The molecule has 0 unspecified atom stereocenters. The monoisotopic (exact) mass is 415 g/mol. The van der Waals surface area contributed by atoms with E-state index >= 15 is 0 Å². The smallest absolute Gasteiger partial charge is 0.350 e. The van der Waals surface area contributed by atoms with Crippen LogP contribution in [-0.2, 0) is 4.74 Å². The van der Waals surface area contributed by atoms with Crippen molar-refractivity contribution >= 4 is 28.9 Å². The molecular formula is C21H21NO6S. The Morgan fingerprint density at radius 2 is 1.86 bits per heavy atom. The van der Waals surface area contributed by atoms with Gasteiger partial charge in [-0.05, 0) is 49.7 Å². The first-order valence-electron chi connectivity index (χ1n) is 8.87. The number of thiophene rings is 1. The van der Waals surface area contributed by atoms with Gasteiger partial charge in [-0.1, -0.05) is 0 Å². The summed E-state index contributed by atoms with van der Waals surface area (Å²) < 4.78 is 21.0. The van der Waals surface area contributed by atoms with Crippen LogP contribution in [0.15, 0.2) is 41.0 Å². The Kier molecular flexibility index (Phi) is 6.23. The van der Waals surface area contributed by atoms with Gasteiger partial charge in [0.2, 0.25) is 0 Å². The molecule has 3 aromatic rings. The number of ether oxygens (including phenoxy) is 3. The van der Waals surface area contributed by atoms with Crippen LogP contribution < -0.4 is 14.8 Å². The predicted octanol–water partition coefficient (Wildman–Crippen LogP) is 4.76. The highest BCUT2D eigenvalue weighted by Crippen LogP contribution is 2.39. The van der Waals surface area contributed by atoms with E-state index in [-0.39, 0.29) is 12.5 Å². The highest BCUT2D eigenvalue weighted by molar-refractivity contribution is 7.18. The van der Waals surface area contributed by atoms with Crippen LogP contribution in [0.3, 0.4) is 0 Å². The zero-order chi connectivity index (χ0) is 21.0. The van der Waals surface area contributed by atoms with Crippen molar-refractivity contribution in [3.63, 3.8) is 0 Å². The van der Waals surface area contributed by atoms with Gasteiger partial charge in [-0.25, -0.2) is 4.79 Å². The van der Waals surface area contributed by atoms with Crippen LogP contribution in [0.4, 0.5) is 5.69 Å². The van der Waals surface area contributed by atoms with E-state index in [4.69, 9.17) is 18.6 Å². The summed E-state index contributed by atoms with van der Waals surface area (Å²) in [6, 6.07) is 8.77. The lowest BCUT2D eigenvalue weighted by Gasteiger charge is -2.08. The zero-order valence-corrected chi connectivity index (χ0v) is 17.3. The van der Waals surface area contributed by atoms with Crippen molar-refractivity contribution in [2.45, 2.75) is 13.8 Å². The molecule has 0 radical (unpaired) electrons. The third-order valence-corrected chi connectivity index (χ3v) is 5.38. The van der Waals surface area contributed by atoms with E-state index in [1.807, 2.05) is 12.1 Å². The number of anilines is 1. The van der Waals surface area contributed by atoms with Crippen LogP contribution in [0.5, 0.6) is 11.5 Å². The van der Waals surface area contributed by atoms with Crippen LogP contribution in [-0.4, -0.2) is 32.7 Å². The SMILES string of the molecule is CCOC(=O)c1sc(-c2ccc(OC)c(OC)c2)cc1NC(=O)c1ccoc1C. The highest BCUT2D eigenvalue weighted by Gasteiger charge is 2.22. The summed E-state index contributed by atoms with van der Waals surface area (Å²) in [5, 5.41) is 2.79. The number of amides is 1. The molecule has 2 aromatic heterocycles. The number of esters is 1. The quantitative estimate of drug-likeness (QED) is 0.560. The second-order valence-electron chi connectivity index (χ2n) is 5.99. The molecule has 0 fully saturated rings. The average molecular weight is 415 g/mol. The molecular weight excluding hydrogens is 394 g/mol. The second-order valence-corrected chi connectivity index (χ2v) is 7.04. The molecule has 0 bridgehead atoms. The van der Waals surface area contributed by atoms with E-state index in [1.165, 1.54) is 17.6 Å². The largest absolute Gasteiger partial charge is 0.493 e. The van der Waals surface area contributed by atoms with Crippen LogP contribution >= 0.6 is 11.3 Å². The van der Waals surface area contributed by atoms with Gasteiger partial charge in [-0.2, -0.15) is 0 Å². The van der Waals surface area contributed by atoms with Crippen LogP contribution in [0.25, 0.3) is 10.4 Å². The maximum atomic E-state index is 12.6. The molecule has 0 spiro atoms. The average Bonchev–Trinajstić information content (AvgIpc) is 3.34. The van der Waals surface area contributed by atoms with E-state index < -0.39 is 5.97 Å². The Morgan fingerprint density at radius 3 is 2.48 bits per heavy atom. The van der Waals surface area contributed by atoms with Crippen molar-refractivity contribution in [1.82, 2.24) is 0 Å².